The van der Waals surface area contributed by atoms with E-state index in [4.69, 9.17) is 0 Å². The highest BCUT2D eigenvalue weighted by molar-refractivity contribution is 4.91. The number of likely N-dealkylation sites (tertiary alicyclic amines) is 1. The Morgan fingerprint density at radius 3 is 2.64 bits per heavy atom. The van der Waals surface area contributed by atoms with Crippen molar-refractivity contribution in [1.82, 2.24) is 10.2 Å². The van der Waals surface area contributed by atoms with Gasteiger partial charge in [0, 0.05) is 12.6 Å². The molecule has 1 rings (SSSR count). The lowest BCUT2D eigenvalue weighted by molar-refractivity contribution is -0.0965. The summed E-state index contributed by atoms with van der Waals surface area (Å²) in [6, 6.07) is -0.388. The van der Waals surface area contributed by atoms with E-state index in [9.17, 15) is 8.78 Å². The van der Waals surface area contributed by atoms with Gasteiger partial charge >= 0.3 is 0 Å². The van der Waals surface area contributed by atoms with Gasteiger partial charge in [0.1, 0.15) is 0 Å². The zero-order valence-electron chi connectivity index (χ0n) is 9.19. The summed E-state index contributed by atoms with van der Waals surface area (Å²) in [5, 5.41) is 2.69. The topological polar surface area (TPSA) is 15.3 Å². The Hall–Kier alpha value is -0.220. The second kappa shape index (κ2) is 4.53. The summed E-state index contributed by atoms with van der Waals surface area (Å²) in [6.45, 7) is 4.71. The van der Waals surface area contributed by atoms with Crippen LogP contribution < -0.4 is 5.32 Å². The maximum atomic E-state index is 13.5. The zero-order valence-corrected chi connectivity index (χ0v) is 9.19. The number of halogens is 2. The first-order valence-corrected chi connectivity index (χ1v) is 5.30. The summed E-state index contributed by atoms with van der Waals surface area (Å²) in [7, 11) is 1.61. The minimum atomic E-state index is -2.59. The third-order valence-corrected chi connectivity index (χ3v) is 3.19. The van der Waals surface area contributed by atoms with Gasteiger partial charge in [0.05, 0.1) is 12.6 Å². The lowest BCUT2D eigenvalue weighted by Crippen LogP contribution is -2.57. The summed E-state index contributed by atoms with van der Waals surface area (Å²) in [4.78, 5) is 1.88. The fourth-order valence-corrected chi connectivity index (χ4v) is 1.96. The van der Waals surface area contributed by atoms with Gasteiger partial charge in [-0.2, -0.15) is 0 Å². The van der Waals surface area contributed by atoms with Crippen molar-refractivity contribution in [1.29, 1.82) is 0 Å². The standard InChI is InChI=1S/C10H20F2N2/c1-4-8(2)14-6-5-9(13-3)10(11,12)7-14/h8-9,13H,4-7H2,1-3H3. The molecule has 1 heterocycles. The maximum Gasteiger partial charge on any atom is 0.275 e. The first kappa shape index (κ1) is 11.9. The van der Waals surface area contributed by atoms with Crippen molar-refractivity contribution in [3.05, 3.63) is 0 Å². The number of alkyl halides is 2. The SMILES string of the molecule is CCC(C)N1CCC(NC)C(F)(F)C1. The van der Waals surface area contributed by atoms with Gasteiger partial charge in [-0.15, -0.1) is 0 Å². The van der Waals surface area contributed by atoms with Crippen LogP contribution >= 0.6 is 0 Å². The smallest absolute Gasteiger partial charge is 0.275 e. The van der Waals surface area contributed by atoms with E-state index in [-0.39, 0.29) is 12.6 Å². The molecule has 0 saturated carbocycles. The molecule has 0 aromatic carbocycles. The second-order valence-corrected chi connectivity index (χ2v) is 4.12. The summed E-state index contributed by atoms with van der Waals surface area (Å²) < 4.78 is 27.0. The van der Waals surface area contributed by atoms with Crippen LogP contribution in [0, 0.1) is 0 Å². The van der Waals surface area contributed by atoms with Crippen LogP contribution in [0.5, 0.6) is 0 Å². The van der Waals surface area contributed by atoms with Crippen molar-refractivity contribution >= 4 is 0 Å². The van der Waals surface area contributed by atoms with Crippen molar-refractivity contribution in [2.75, 3.05) is 20.1 Å². The van der Waals surface area contributed by atoms with E-state index in [1.54, 1.807) is 7.05 Å². The number of hydrogen-bond donors (Lipinski definition) is 1. The Morgan fingerprint density at radius 2 is 2.21 bits per heavy atom. The highest BCUT2D eigenvalue weighted by Gasteiger charge is 2.44. The molecule has 14 heavy (non-hydrogen) atoms. The second-order valence-electron chi connectivity index (χ2n) is 4.12. The Labute approximate surface area is 84.7 Å². The third-order valence-electron chi connectivity index (χ3n) is 3.19. The molecule has 1 aliphatic heterocycles. The summed E-state index contributed by atoms with van der Waals surface area (Å²) in [5.74, 6) is -2.59. The molecule has 0 radical (unpaired) electrons. The summed E-state index contributed by atoms with van der Waals surface area (Å²) in [6.07, 6.45) is 1.47. The van der Waals surface area contributed by atoms with Gasteiger partial charge in [-0.1, -0.05) is 6.92 Å². The molecule has 2 atom stereocenters. The van der Waals surface area contributed by atoms with Gasteiger partial charge in [0.25, 0.3) is 5.92 Å². The van der Waals surface area contributed by atoms with E-state index in [0.717, 1.165) is 13.0 Å². The van der Waals surface area contributed by atoms with Crippen molar-refractivity contribution < 1.29 is 8.78 Å². The predicted octanol–water partition coefficient (Wildman–Crippen LogP) is 1.71. The summed E-state index contributed by atoms with van der Waals surface area (Å²) >= 11 is 0. The van der Waals surface area contributed by atoms with Crippen LogP contribution in [0.15, 0.2) is 0 Å². The average Bonchev–Trinajstić information content (AvgIpc) is 2.15. The molecule has 0 amide bonds. The molecule has 84 valence electrons. The maximum absolute atomic E-state index is 13.5. The van der Waals surface area contributed by atoms with Crippen LogP contribution in [0.2, 0.25) is 0 Å². The fourth-order valence-electron chi connectivity index (χ4n) is 1.96. The Kier molecular flexibility index (Phi) is 3.84. The number of hydrogen-bond acceptors (Lipinski definition) is 2. The molecular formula is C10H20F2N2. The highest BCUT2D eigenvalue weighted by atomic mass is 19.3. The van der Waals surface area contributed by atoms with Crippen molar-refractivity contribution in [3.8, 4) is 0 Å². The first-order valence-electron chi connectivity index (χ1n) is 5.30. The van der Waals surface area contributed by atoms with E-state index in [2.05, 4.69) is 5.32 Å². The minimum absolute atomic E-state index is 0.104. The highest BCUT2D eigenvalue weighted by Crippen LogP contribution is 2.28. The van der Waals surface area contributed by atoms with Gasteiger partial charge in [0.15, 0.2) is 0 Å². The minimum Gasteiger partial charge on any atom is -0.312 e. The molecule has 0 bridgehead atoms. The number of nitrogens with zero attached hydrogens (tertiary/aromatic N) is 1. The monoisotopic (exact) mass is 206 g/mol. The van der Waals surface area contributed by atoms with Crippen molar-refractivity contribution in [2.24, 2.45) is 0 Å². The largest absolute Gasteiger partial charge is 0.312 e. The summed E-state index contributed by atoms with van der Waals surface area (Å²) in [5.41, 5.74) is 0. The lowest BCUT2D eigenvalue weighted by atomic mass is 9.99. The predicted molar refractivity (Wildman–Crippen MR) is 53.7 cm³/mol. The number of rotatable bonds is 3. The van der Waals surface area contributed by atoms with Crippen molar-refractivity contribution in [3.63, 3.8) is 0 Å². The van der Waals surface area contributed by atoms with Gasteiger partial charge in [0.2, 0.25) is 0 Å². The molecule has 0 spiro atoms. The van der Waals surface area contributed by atoms with Gasteiger partial charge < -0.3 is 5.32 Å². The van der Waals surface area contributed by atoms with Crippen LogP contribution in [-0.2, 0) is 0 Å². The molecule has 1 saturated heterocycles. The van der Waals surface area contributed by atoms with E-state index < -0.39 is 12.0 Å². The molecule has 0 aliphatic carbocycles. The first-order chi connectivity index (χ1) is 6.51. The fraction of sp³-hybridized carbons (Fsp3) is 1.00. The molecular weight excluding hydrogens is 186 g/mol. The lowest BCUT2D eigenvalue weighted by Gasteiger charge is -2.40. The molecule has 1 fully saturated rings. The normalized spacial score (nSPS) is 30.2. The van der Waals surface area contributed by atoms with Crippen LogP contribution in [0.3, 0.4) is 0 Å². The van der Waals surface area contributed by atoms with Crippen molar-refractivity contribution in [2.45, 2.75) is 44.7 Å². The van der Waals surface area contributed by atoms with E-state index >= 15 is 0 Å². The molecule has 2 unspecified atom stereocenters. The Balaban J connectivity index is 2.58. The molecule has 1 aliphatic rings. The van der Waals surface area contributed by atoms with Gasteiger partial charge in [-0.3, -0.25) is 4.90 Å². The van der Waals surface area contributed by atoms with Gasteiger partial charge in [-0.05, 0) is 26.8 Å². The van der Waals surface area contributed by atoms with Crippen LogP contribution in [0.25, 0.3) is 0 Å². The quantitative estimate of drug-likeness (QED) is 0.756. The third kappa shape index (κ3) is 2.42. The molecule has 4 heteroatoms. The Morgan fingerprint density at radius 1 is 1.57 bits per heavy atom. The van der Waals surface area contributed by atoms with E-state index in [1.165, 1.54) is 0 Å². The van der Waals surface area contributed by atoms with E-state index in [1.807, 2.05) is 18.7 Å². The van der Waals surface area contributed by atoms with Crippen LogP contribution in [0.1, 0.15) is 26.7 Å². The molecule has 0 aromatic rings. The van der Waals surface area contributed by atoms with Gasteiger partial charge in [-0.25, -0.2) is 8.78 Å². The van der Waals surface area contributed by atoms with Crippen LogP contribution in [-0.4, -0.2) is 43.0 Å². The molecule has 2 nitrogen and oxygen atoms in total. The zero-order chi connectivity index (χ0) is 10.8. The molecule has 1 N–H and O–H groups in total. The number of nitrogens with one attached hydrogen (secondary N) is 1. The van der Waals surface area contributed by atoms with E-state index in [0.29, 0.717) is 6.42 Å². The molecule has 0 aromatic heterocycles. The number of piperidine rings is 1. The Bertz CT molecular complexity index is 185. The van der Waals surface area contributed by atoms with Crippen LogP contribution in [0.4, 0.5) is 8.78 Å². The average molecular weight is 206 g/mol.